The number of ether oxygens (including phenoxy) is 2. The number of carboxylic acids is 1. The van der Waals surface area contributed by atoms with Gasteiger partial charge in [0.05, 0.1) is 12.0 Å². The third kappa shape index (κ3) is 5.70. The van der Waals surface area contributed by atoms with Gasteiger partial charge in [0.2, 0.25) is 5.91 Å². The summed E-state index contributed by atoms with van der Waals surface area (Å²) >= 11 is 0. The van der Waals surface area contributed by atoms with E-state index in [1.54, 1.807) is 13.8 Å². The molecule has 3 atom stereocenters. The maximum atomic E-state index is 12.6. The van der Waals surface area contributed by atoms with Crippen LogP contribution in [0.25, 0.3) is 11.1 Å². The van der Waals surface area contributed by atoms with Gasteiger partial charge >= 0.3 is 12.1 Å². The molecule has 0 saturated carbocycles. The van der Waals surface area contributed by atoms with Crippen LogP contribution >= 0.6 is 0 Å². The first-order valence-electron chi connectivity index (χ1n) is 11.0. The molecule has 8 nitrogen and oxygen atoms in total. The average Bonchev–Trinajstić information content (AvgIpc) is 3.14. The zero-order valence-electron chi connectivity index (χ0n) is 19.0. The van der Waals surface area contributed by atoms with Crippen LogP contribution in [-0.2, 0) is 19.1 Å². The summed E-state index contributed by atoms with van der Waals surface area (Å²) in [5.74, 6) is -2.07. The molecule has 2 aromatic rings. The van der Waals surface area contributed by atoms with E-state index in [-0.39, 0.29) is 25.5 Å². The molecule has 1 aliphatic carbocycles. The number of hydrogen-bond acceptors (Lipinski definition) is 5. The zero-order valence-corrected chi connectivity index (χ0v) is 19.0. The van der Waals surface area contributed by atoms with Crippen molar-refractivity contribution in [3.63, 3.8) is 0 Å². The number of aliphatic carboxylic acids is 1. The number of hydrogen-bond donors (Lipinski definition) is 3. The standard InChI is InChI=1S/C25H30N2O6/c1-15(24(29)30)12-13-26-23(28)22(16(2)32-3)27-25(31)33-14-21-19-10-6-4-8-17(19)18-9-5-7-11-20(18)21/h4-11,15-16,21-22H,12-14H2,1-3H3,(H,26,28)(H,27,31)(H,29,30)/t15?,16-,22+/m1/s1. The van der Waals surface area contributed by atoms with Crippen LogP contribution in [0, 0.1) is 5.92 Å². The Labute approximate surface area is 193 Å². The lowest BCUT2D eigenvalue weighted by Gasteiger charge is -2.24. The second kappa shape index (κ2) is 11.0. The Bertz CT molecular complexity index is 962. The molecular formula is C25H30N2O6. The van der Waals surface area contributed by atoms with Crippen LogP contribution in [-0.4, -0.2) is 55.5 Å². The van der Waals surface area contributed by atoms with Gasteiger partial charge in [-0.15, -0.1) is 0 Å². The molecular weight excluding hydrogens is 424 g/mol. The molecule has 176 valence electrons. The van der Waals surface area contributed by atoms with Gasteiger partial charge in [0.25, 0.3) is 0 Å². The van der Waals surface area contributed by atoms with E-state index in [4.69, 9.17) is 14.6 Å². The molecule has 2 amide bonds. The third-order valence-electron chi connectivity index (χ3n) is 6.04. The summed E-state index contributed by atoms with van der Waals surface area (Å²) in [6.45, 7) is 3.53. The van der Waals surface area contributed by atoms with Gasteiger partial charge in [-0.05, 0) is 35.6 Å². The summed E-state index contributed by atoms with van der Waals surface area (Å²) in [7, 11) is 1.44. The van der Waals surface area contributed by atoms with Crippen molar-refractivity contribution in [2.75, 3.05) is 20.3 Å². The van der Waals surface area contributed by atoms with Crippen molar-refractivity contribution in [2.45, 2.75) is 38.3 Å². The Morgan fingerprint density at radius 2 is 1.58 bits per heavy atom. The Morgan fingerprint density at radius 3 is 2.12 bits per heavy atom. The van der Waals surface area contributed by atoms with Crippen LogP contribution in [0.4, 0.5) is 4.79 Å². The summed E-state index contributed by atoms with van der Waals surface area (Å²) in [5.41, 5.74) is 4.45. The molecule has 3 N–H and O–H groups in total. The van der Waals surface area contributed by atoms with Crippen LogP contribution in [0.15, 0.2) is 48.5 Å². The maximum Gasteiger partial charge on any atom is 0.407 e. The maximum absolute atomic E-state index is 12.6. The molecule has 1 unspecified atom stereocenters. The average molecular weight is 455 g/mol. The van der Waals surface area contributed by atoms with Crippen LogP contribution < -0.4 is 10.6 Å². The highest BCUT2D eigenvalue weighted by atomic mass is 16.5. The van der Waals surface area contributed by atoms with E-state index in [0.717, 1.165) is 22.3 Å². The number of fused-ring (bicyclic) bond motifs is 3. The number of methoxy groups -OCH3 is 1. The monoisotopic (exact) mass is 454 g/mol. The van der Waals surface area contributed by atoms with Gasteiger partial charge in [-0.25, -0.2) is 4.79 Å². The number of alkyl carbamates (subject to hydrolysis) is 1. The molecule has 33 heavy (non-hydrogen) atoms. The summed E-state index contributed by atoms with van der Waals surface area (Å²) in [4.78, 5) is 36.1. The van der Waals surface area contributed by atoms with Crippen LogP contribution in [0.2, 0.25) is 0 Å². The van der Waals surface area contributed by atoms with Gasteiger partial charge in [-0.3, -0.25) is 9.59 Å². The first-order valence-corrected chi connectivity index (χ1v) is 11.0. The number of carbonyl (C=O) groups is 3. The van der Waals surface area contributed by atoms with Gasteiger partial charge in [0.1, 0.15) is 12.6 Å². The van der Waals surface area contributed by atoms with Crippen LogP contribution in [0.3, 0.4) is 0 Å². The molecule has 2 aromatic carbocycles. The second-order valence-electron chi connectivity index (χ2n) is 8.21. The quantitative estimate of drug-likeness (QED) is 0.508. The van der Waals surface area contributed by atoms with Crippen molar-refractivity contribution in [1.29, 1.82) is 0 Å². The summed E-state index contributed by atoms with van der Waals surface area (Å²) < 4.78 is 10.8. The van der Waals surface area contributed by atoms with E-state index in [1.165, 1.54) is 7.11 Å². The summed E-state index contributed by atoms with van der Waals surface area (Å²) in [5, 5.41) is 14.2. The minimum Gasteiger partial charge on any atom is -0.481 e. The lowest BCUT2D eigenvalue weighted by Crippen LogP contribution is -2.53. The van der Waals surface area contributed by atoms with Gasteiger partial charge in [0, 0.05) is 19.6 Å². The minimum absolute atomic E-state index is 0.0900. The van der Waals surface area contributed by atoms with E-state index < -0.39 is 36.0 Å². The Balaban J connectivity index is 1.61. The van der Waals surface area contributed by atoms with Crippen molar-refractivity contribution in [1.82, 2.24) is 10.6 Å². The van der Waals surface area contributed by atoms with Crippen LogP contribution in [0.5, 0.6) is 0 Å². The Morgan fingerprint density at radius 1 is 1.00 bits per heavy atom. The Hall–Kier alpha value is -3.39. The lowest BCUT2D eigenvalue weighted by molar-refractivity contribution is -0.141. The summed E-state index contributed by atoms with van der Waals surface area (Å²) in [6, 6.07) is 15.1. The van der Waals surface area contributed by atoms with Crippen molar-refractivity contribution < 1.29 is 29.0 Å². The predicted octanol–water partition coefficient (Wildman–Crippen LogP) is 3.16. The number of carbonyl (C=O) groups excluding carboxylic acids is 2. The minimum atomic E-state index is -0.981. The molecule has 0 fully saturated rings. The van der Waals surface area contributed by atoms with Crippen molar-refractivity contribution in [3.05, 3.63) is 59.7 Å². The van der Waals surface area contributed by atoms with Crippen molar-refractivity contribution >= 4 is 18.0 Å². The zero-order chi connectivity index (χ0) is 24.0. The highest BCUT2D eigenvalue weighted by molar-refractivity contribution is 5.86. The predicted molar refractivity (Wildman–Crippen MR) is 123 cm³/mol. The Kier molecular flexibility index (Phi) is 8.06. The van der Waals surface area contributed by atoms with E-state index in [0.29, 0.717) is 0 Å². The number of amides is 2. The first-order chi connectivity index (χ1) is 15.8. The van der Waals surface area contributed by atoms with Crippen molar-refractivity contribution in [2.24, 2.45) is 5.92 Å². The molecule has 0 heterocycles. The molecule has 0 aliphatic heterocycles. The van der Waals surface area contributed by atoms with E-state index >= 15 is 0 Å². The van der Waals surface area contributed by atoms with E-state index in [1.807, 2.05) is 36.4 Å². The summed E-state index contributed by atoms with van der Waals surface area (Å²) in [6.07, 6.45) is -1.05. The van der Waals surface area contributed by atoms with Gasteiger partial charge in [-0.2, -0.15) is 0 Å². The van der Waals surface area contributed by atoms with Gasteiger partial charge in [-0.1, -0.05) is 55.5 Å². The van der Waals surface area contributed by atoms with Crippen molar-refractivity contribution in [3.8, 4) is 11.1 Å². The molecule has 0 spiro atoms. The normalized spacial score (nSPS) is 15.0. The highest BCUT2D eigenvalue weighted by Crippen LogP contribution is 2.44. The second-order valence-corrected chi connectivity index (χ2v) is 8.21. The van der Waals surface area contributed by atoms with Crippen LogP contribution in [0.1, 0.15) is 37.3 Å². The molecule has 8 heteroatoms. The third-order valence-corrected chi connectivity index (χ3v) is 6.04. The number of nitrogens with one attached hydrogen (secondary N) is 2. The fourth-order valence-electron chi connectivity index (χ4n) is 3.94. The number of carboxylic acid groups (broad SMARTS) is 1. The molecule has 0 aromatic heterocycles. The molecule has 1 aliphatic rings. The smallest absolute Gasteiger partial charge is 0.407 e. The molecule has 0 saturated heterocycles. The fraction of sp³-hybridized carbons (Fsp3) is 0.400. The molecule has 0 bridgehead atoms. The van der Waals surface area contributed by atoms with Gasteiger partial charge in [0.15, 0.2) is 0 Å². The topological polar surface area (TPSA) is 114 Å². The SMILES string of the molecule is CO[C@H](C)[C@H](NC(=O)OCC1c2ccccc2-c2ccccc21)C(=O)NCCC(C)C(=O)O. The van der Waals surface area contributed by atoms with E-state index in [2.05, 4.69) is 22.8 Å². The lowest BCUT2D eigenvalue weighted by atomic mass is 9.98. The largest absolute Gasteiger partial charge is 0.481 e. The molecule has 3 rings (SSSR count). The fourth-order valence-corrected chi connectivity index (χ4v) is 3.94. The number of benzene rings is 2. The van der Waals surface area contributed by atoms with Gasteiger partial charge < -0.3 is 25.2 Å². The molecule has 0 radical (unpaired) electrons. The number of rotatable bonds is 10. The highest BCUT2D eigenvalue weighted by Gasteiger charge is 2.31. The van der Waals surface area contributed by atoms with E-state index in [9.17, 15) is 14.4 Å². The first kappa shape index (κ1) is 24.3.